The molecule has 0 spiro atoms. The molecule has 2 aromatic rings. The van der Waals surface area contributed by atoms with Gasteiger partial charge >= 0.3 is 0 Å². The Balaban J connectivity index is 1.74. The Labute approximate surface area is 104 Å². The van der Waals surface area contributed by atoms with Crippen molar-refractivity contribution in [3.63, 3.8) is 0 Å². The lowest BCUT2D eigenvalue weighted by Crippen LogP contribution is -2.27. The van der Waals surface area contributed by atoms with Gasteiger partial charge in [-0.3, -0.25) is 4.98 Å². The van der Waals surface area contributed by atoms with Crippen molar-refractivity contribution in [1.82, 2.24) is 15.1 Å². The van der Waals surface area contributed by atoms with Crippen LogP contribution in [0.5, 0.6) is 0 Å². The van der Waals surface area contributed by atoms with E-state index in [1.54, 1.807) is 6.20 Å². The lowest BCUT2D eigenvalue weighted by atomic mass is 10.1. The van der Waals surface area contributed by atoms with Crippen molar-refractivity contribution >= 4 is 0 Å². The first-order chi connectivity index (χ1) is 8.83. The summed E-state index contributed by atoms with van der Waals surface area (Å²) in [6.07, 6.45) is 2.31. The minimum absolute atomic E-state index is 0.00924. The zero-order valence-corrected chi connectivity index (χ0v) is 9.82. The van der Waals surface area contributed by atoms with E-state index in [4.69, 9.17) is 15.0 Å². The van der Waals surface area contributed by atoms with Gasteiger partial charge in [-0.2, -0.15) is 4.98 Å². The lowest BCUT2D eigenvalue weighted by Gasteiger charge is -2.06. The molecule has 2 atom stereocenters. The van der Waals surface area contributed by atoms with E-state index in [0.29, 0.717) is 31.3 Å². The van der Waals surface area contributed by atoms with Gasteiger partial charge in [0, 0.05) is 17.9 Å². The molecule has 3 rings (SSSR count). The molecule has 94 valence electrons. The van der Waals surface area contributed by atoms with Crippen molar-refractivity contribution in [3.8, 4) is 0 Å². The third-order valence-electron chi connectivity index (χ3n) is 2.99. The molecule has 0 bridgehead atoms. The fourth-order valence-corrected chi connectivity index (χ4v) is 1.98. The summed E-state index contributed by atoms with van der Waals surface area (Å²) in [5.74, 6) is 1.20. The van der Waals surface area contributed by atoms with Crippen LogP contribution in [0.2, 0.25) is 0 Å². The molecule has 18 heavy (non-hydrogen) atoms. The third-order valence-corrected chi connectivity index (χ3v) is 2.99. The Kier molecular flexibility index (Phi) is 3.04. The Morgan fingerprint density at radius 1 is 1.33 bits per heavy atom. The average Bonchev–Trinajstić information content (AvgIpc) is 2.99. The second-order valence-corrected chi connectivity index (χ2v) is 4.35. The lowest BCUT2D eigenvalue weighted by molar-refractivity contribution is 0.187. The minimum atomic E-state index is -0.0619. The Morgan fingerprint density at radius 3 is 3.00 bits per heavy atom. The van der Waals surface area contributed by atoms with E-state index in [9.17, 15) is 0 Å². The molecular formula is C12H14N4O2. The van der Waals surface area contributed by atoms with Crippen LogP contribution < -0.4 is 5.73 Å². The van der Waals surface area contributed by atoms with Gasteiger partial charge in [-0.15, -0.1) is 0 Å². The molecule has 6 heteroatoms. The summed E-state index contributed by atoms with van der Waals surface area (Å²) >= 11 is 0. The number of nitrogens with zero attached hydrogens (tertiary/aromatic N) is 3. The van der Waals surface area contributed by atoms with Gasteiger partial charge in [-0.25, -0.2) is 0 Å². The van der Waals surface area contributed by atoms with Crippen LogP contribution in [-0.4, -0.2) is 34.4 Å². The summed E-state index contributed by atoms with van der Waals surface area (Å²) in [7, 11) is 0. The number of pyridine rings is 1. The van der Waals surface area contributed by atoms with Gasteiger partial charge in [-0.05, 0) is 12.1 Å². The van der Waals surface area contributed by atoms with Crippen LogP contribution >= 0.6 is 0 Å². The molecule has 2 N–H and O–H groups in total. The summed E-state index contributed by atoms with van der Waals surface area (Å²) in [4.78, 5) is 8.58. The first kappa shape index (κ1) is 11.3. The summed E-state index contributed by atoms with van der Waals surface area (Å²) in [6.45, 7) is 1.09. The number of hydrogen-bond donors (Lipinski definition) is 1. The maximum atomic E-state index is 5.91. The molecule has 0 radical (unpaired) electrons. The van der Waals surface area contributed by atoms with Crippen molar-refractivity contribution in [1.29, 1.82) is 0 Å². The first-order valence-electron chi connectivity index (χ1n) is 5.88. The van der Waals surface area contributed by atoms with Gasteiger partial charge in [0.1, 0.15) is 0 Å². The predicted octanol–water partition coefficient (Wildman–Crippen LogP) is 0.496. The Hall–Kier alpha value is -1.79. The highest BCUT2D eigenvalue weighted by Crippen LogP contribution is 2.23. The summed E-state index contributed by atoms with van der Waals surface area (Å²) < 4.78 is 10.5. The molecule has 2 unspecified atom stereocenters. The molecule has 3 heterocycles. The summed E-state index contributed by atoms with van der Waals surface area (Å²) in [5.41, 5.74) is 6.82. The van der Waals surface area contributed by atoms with Gasteiger partial charge in [0.2, 0.25) is 5.89 Å². The molecule has 1 aliphatic rings. The molecule has 0 aliphatic carbocycles. The number of ether oxygens (including phenoxy) is 1. The Morgan fingerprint density at radius 2 is 2.28 bits per heavy atom. The number of nitrogens with two attached hydrogens (primary N) is 1. The van der Waals surface area contributed by atoms with E-state index in [1.165, 1.54) is 0 Å². The summed E-state index contributed by atoms with van der Waals surface area (Å²) in [6, 6.07) is 5.68. The first-order valence-corrected chi connectivity index (χ1v) is 5.88. The predicted molar refractivity (Wildman–Crippen MR) is 62.9 cm³/mol. The monoisotopic (exact) mass is 246 g/mol. The van der Waals surface area contributed by atoms with E-state index < -0.39 is 0 Å². The average molecular weight is 246 g/mol. The van der Waals surface area contributed by atoms with Gasteiger partial charge in [0.05, 0.1) is 25.6 Å². The molecule has 0 amide bonds. The van der Waals surface area contributed by atoms with Crippen LogP contribution in [0, 0.1) is 0 Å². The molecule has 2 aromatic heterocycles. The maximum absolute atomic E-state index is 5.91. The number of hydrogen-bond acceptors (Lipinski definition) is 6. The summed E-state index contributed by atoms with van der Waals surface area (Å²) in [5, 5.41) is 3.95. The van der Waals surface area contributed by atoms with Crippen LogP contribution in [0.3, 0.4) is 0 Å². The molecular weight excluding hydrogens is 232 g/mol. The minimum Gasteiger partial charge on any atom is -0.379 e. The molecule has 6 nitrogen and oxygen atoms in total. The van der Waals surface area contributed by atoms with Crippen LogP contribution in [0.4, 0.5) is 0 Å². The molecule has 1 aliphatic heterocycles. The van der Waals surface area contributed by atoms with E-state index in [1.807, 2.05) is 18.2 Å². The van der Waals surface area contributed by atoms with E-state index in [0.717, 1.165) is 5.69 Å². The standard InChI is InChI=1S/C12H14N4O2/c13-10-7-17-6-9(10)12-15-11(16-18-12)5-8-3-1-2-4-14-8/h1-4,9-10H,5-7,13H2. The quantitative estimate of drug-likeness (QED) is 0.848. The smallest absolute Gasteiger partial charge is 0.233 e. The van der Waals surface area contributed by atoms with Crippen molar-refractivity contribution < 1.29 is 9.26 Å². The van der Waals surface area contributed by atoms with Crippen molar-refractivity contribution in [2.24, 2.45) is 5.73 Å². The second kappa shape index (κ2) is 4.83. The van der Waals surface area contributed by atoms with E-state index in [-0.39, 0.29) is 12.0 Å². The van der Waals surface area contributed by atoms with Crippen LogP contribution in [0.1, 0.15) is 23.3 Å². The highest BCUT2D eigenvalue weighted by atomic mass is 16.5. The fraction of sp³-hybridized carbons (Fsp3) is 0.417. The molecule has 1 fully saturated rings. The molecule has 0 aromatic carbocycles. The topological polar surface area (TPSA) is 87.1 Å². The van der Waals surface area contributed by atoms with Crippen LogP contribution in [-0.2, 0) is 11.2 Å². The van der Waals surface area contributed by atoms with Crippen LogP contribution in [0.15, 0.2) is 28.9 Å². The zero-order chi connectivity index (χ0) is 12.4. The third kappa shape index (κ3) is 2.25. The van der Waals surface area contributed by atoms with E-state index in [2.05, 4.69) is 15.1 Å². The number of aromatic nitrogens is 3. The molecule has 1 saturated heterocycles. The zero-order valence-electron chi connectivity index (χ0n) is 9.82. The van der Waals surface area contributed by atoms with Crippen LogP contribution in [0.25, 0.3) is 0 Å². The Bertz CT molecular complexity index is 514. The second-order valence-electron chi connectivity index (χ2n) is 4.35. The maximum Gasteiger partial charge on any atom is 0.233 e. The van der Waals surface area contributed by atoms with Gasteiger partial charge in [0.15, 0.2) is 5.82 Å². The fourth-order valence-electron chi connectivity index (χ4n) is 1.98. The van der Waals surface area contributed by atoms with Crippen molar-refractivity contribution in [2.75, 3.05) is 13.2 Å². The van der Waals surface area contributed by atoms with Crippen molar-refractivity contribution in [3.05, 3.63) is 41.8 Å². The largest absolute Gasteiger partial charge is 0.379 e. The van der Waals surface area contributed by atoms with E-state index >= 15 is 0 Å². The normalized spacial score (nSPS) is 23.4. The number of rotatable bonds is 3. The van der Waals surface area contributed by atoms with Gasteiger partial charge in [0.25, 0.3) is 0 Å². The van der Waals surface area contributed by atoms with Crippen molar-refractivity contribution in [2.45, 2.75) is 18.4 Å². The molecule has 0 saturated carbocycles. The SMILES string of the molecule is NC1COCC1c1nc(Cc2ccccn2)no1. The highest BCUT2D eigenvalue weighted by Gasteiger charge is 2.31. The van der Waals surface area contributed by atoms with Gasteiger partial charge < -0.3 is 15.0 Å². The van der Waals surface area contributed by atoms with Gasteiger partial charge in [-0.1, -0.05) is 11.2 Å². The highest BCUT2D eigenvalue weighted by molar-refractivity contribution is 5.10.